The molecule has 0 saturated carbocycles. The number of nitrogens with zero attached hydrogens (tertiary/aromatic N) is 6. The first-order valence-corrected chi connectivity index (χ1v) is 12.3. The fraction of sp³-hybridized carbons (Fsp3) is 0.192. The fourth-order valence-corrected chi connectivity index (χ4v) is 4.76. The van der Waals surface area contributed by atoms with Crippen LogP contribution in [-0.4, -0.2) is 41.2 Å². The second-order valence-electron chi connectivity index (χ2n) is 8.17. The summed E-state index contributed by atoms with van der Waals surface area (Å²) in [7, 11) is 0. The molecule has 3 aromatic heterocycles. The third kappa shape index (κ3) is 4.95. The van der Waals surface area contributed by atoms with Gasteiger partial charge in [-0.05, 0) is 31.5 Å². The van der Waals surface area contributed by atoms with Crippen LogP contribution in [-0.2, 0) is 17.9 Å². The third-order valence-electron chi connectivity index (χ3n) is 5.84. The second-order valence-corrected chi connectivity index (χ2v) is 9.13. The van der Waals surface area contributed by atoms with E-state index in [0.29, 0.717) is 18.7 Å². The number of nitrogens with one attached hydrogen (secondary N) is 1. The number of aromatic nitrogens is 6. The van der Waals surface area contributed by atoms with E-state index in [9.17, 15) is 4.79 Å². The van der Waals surface area contributed by atoms with Crippen molar-refractivity contribution in [2.24, 2.45) is 0 Å². The Morgan fingerprint density at radius 1 is 1.00 bits per heavy atom. The Bertz CT molecular complexity index is 1460. The average Bonchev–Trinajstić information content (AvgIpc) is 3.43. The highest BCUT2D eigenvalue weighted by molar-refractivity contribution is 8.00. The van der Waals surface area contributed by atoms with Crippen LogP contribution < -0.4 is 5.32 Å². The summed E-state index contributed by atoms with van der Waals surface area (Å²) in [6.45, 7) is 5.17. The Kier molecular flexibility index (Phi) is 6.58. The largest absolute Gasteiger partial charge is 0.351 e. The molecule has 0 atom stereocenters. The van der Waals surface area contributed by atoms with Crippen molar-refractivity contribution in [1.29, 1.82) is 0 Å². The van der Waals surface area contributed by atoms with Crippen LogP contribution in [0, 0.1) is 13.8 Å². The quantitative estimate of drug-likeness (QED) is 0.264. The van der Waals surface area contributed by atoms with Gasteiger partial charge >= 0.3 is 0 Å². The monoisotopic (exact) mass is 483 g/mol. The van der Waals surface area contributed by atoms with Crippen LogP contribution in [0.4, 0.5) is 0 Å². The zero-order valence-electron chi connectivity index (χ0n) is 19.5. The van der Waals surface area contributed by atoms with Crippen molar-refractivity contribution in [3.8, 4) is 5.69 Å². The van der Waals surface area contributed by atoms with Gasteiger partial charge in [0.1, 0.15) is 11.4 Å². The maximum Gasteiger partial charge on any atom is 0.230 e. The number of fused-ring (bicyclic) bond motifs is 1. The molecule has 0 radical (unpaired) electrons. The molecule has 3 heterocycles. The number of rotatable bonds is 8. The predicted octanol–water partition coefficient (Wildman–Crippen LogP) is 4.09. The molecular weight excluding hydrogens is 458 g/mol. The van der Waals surface area contributed by atoms with Gasteiger partial charge in [-0.15, -0.1) is 0 Å². The second kappa shape index (κ2) is 10.1. The van der Waals surface area contributed by atoms with Gasteiger partial charge < -0.3 is 5.32 Å². The number of carbonyl (C=O) groups is 1. The molecule has 0 aliphatic rings. The van der Waals surface area contributed by atoms with Crippen molar-refractivity contribution in [1.82, 2.24) is 34.8 Å². The summed E-state index contributed by atoms with van der Waals surface area (Å²) in [6, 6.07) is 20.0. The molecule has 35 heavy (non-hydrogen) atoms. The van der Waals surface area contributed by atoms with Gasteiger partial charge in [-0.25, -0.2) is 14.6 Å². The first kappa shape index (κ1) is 22.8. The van der Waals surface area contributed by atoms with E-state index in [1.165, 1.54) is 23.7 Å². The number of hydrogen-bond donors (Lipinski definition) is 1. The van der Waals surface area contributed by atoms with Crippen LogP contribution in [0.25, 0.3) is 16.7 Å². The number of amides is 1. The Balaban J connectivity index is 1.22. The lowest BCUT2D eigenvalue weighted by Crippen LogP contribution is -2.25. The molecule has 1 amide bonds. The minimum Gasteiger partial charge on any atom is -0.351 e. The molecule has 1 N–H and O–H groups in total. The highest BCUT2D eigenvalue weighted by Crippen LogP contribution is 2.25. The van der Waals surface area contributed by atoms with Gasteiger partial charge in [-0.1, -0.05) is 60.3 Å². The lowest BCUT2D eigenvalue weighted by molar-refractivity contribution is -0.118. The standard InChI is InChI=1S/C26H25N7OS/c1-18-22(19(2)32(31-18)15-20-9-5-3-6-10-20)13-27-24(34)16-35-26-23-14-30-33(25(23)28-17-29-26)21-11-7-4-8-12-21/h3-12,14,17H,13,15-16H2,1-2H3,(H,27,34). The first-order valence-electron chi connectivity index (χ1n) is 11.3. The van der Waals surface area contributed by atoms with Gasteiger partial charge in [-0.2, -0.15) is 10.2 Å². The molecule has 0 unspecified atom stereocenters. The molecule has 9 heteroatoms. The van der Waals surface area contributed by atoms with Gasteiger partial charge in [0, 0.05) is 17.8 Å². The van der Waals surface area contributed by atoms with Crippen molar-refractivity contribution >= 4 is 28.7 Å². The molecule has 0 spiro atoms. The van der Waals surface area contributed by atoms with E-state index in [1.54, 1.807) is 10.9 Å². The molecule has 5 aromatic rings. The van der Waals surface area contributed by atoms with E-state index in [1.807, 2.05) is 67.1 Å². The SMILES string of the molecule is Cc1nn(Cc2ccccc2)c(C)c1CNC(=O)CSc1ncnc2c1cnn2-c1ccccc1. The Morgan fingerprint density at radius 3 is 2.51 bits per heavy atom. The highest BCUT2D eigenvalue weighted by Gasteiger charge is 2.15. The van der Waals surface area contributed by atoms with E-state index >= 15 is 0 Å². The summed E-state index contributed by atoms with van der Waals surface area (Å²) in [5.74, 6) is 0.186. The Hall–Kier alpha value is -3.98. The van der Waals surface area contributed by atoms with E-state index in [-0.39, 0.29) is 11.7 Å². The van der Waals surface area contributed by atoms with E-state index in [2.05, 4.69) is 37.6 Å². The van der Waals surface area contributed by atoms with Crippen molar-refractivity contribution in [3.63, 3.8) is 0 Å². The van der Waals surface area contributed by atoms with Gasteiger partial charge in [0.2, 0.25) is 5.91 Å². The fourth-order valence-electron chi connectivity index (χ4n) is 3.97. The van der Waals surface area contributed by atoms with Crippen molar-refractivity contribution in [3.05, 3.63) is 95.7 Å². The van der Waals surface area contributed by atoms with E-state index in [4.69, 9.17) is 0 Å². The van der Waals surface area contributed by atoms with Gasteiger partial charge in [0.15, 0.2) is 5.65 Å². The maximum atomic E-state index is 12.6. The summed E-state index contributed by atoms with van der Waals surface area (Å²) < 4.78 is 3.77. The molecule has 2 aromatic carbocycles. The van der Waals surface area contributed by atoms with Crippen LogP contribution in [0.5, 0.6) is 0 Å². The van der Waals surface area contributed by atoms with Crippen molar-refractivity contribution in [2.75, 3.05) is 5.75 Å². The van der Waals surface area contributed by atoms with Crippen LogP contribution >= 0.6 is 11.8 Å². The van der Waals surface area contributed by atoms with Crippen molar-refractivity contribution < 1.29 is 4.79 Å². The Morgan fingerprint density at radius 2 is 1.74 bits per heavy atom. The van der Waals surface area contributed by atoms with Crippen LogP contribution in [0.1, 0.15) is 22.5 Å². The molecule has 5 rings (SSSR count). The molecule has 0 aliphatic carbocycles. The summed E-state index contributed by atoms with van der Waals surface area (Å²) >= 11 is 1.38. The third-order valence-corrected chi connectivity index (χ3v) is 6.84. The van der Waals surface area contributed by atoms with Crippen molar-refractivity contribution in [2.45, 2.75) is 32.0 Å². The summed E-state index contributed by atoms with van der Waals surface area (Å²) in [6.07, 6.45) is 3.26. The molecular formula is C26H25N7OS. The number of thioether (sulfide) groups is 1. The Labute approximate surface area is 207 Å². The van der Waals surface area contributed by atoms with Gasteiger partial charge in [0.05, 0.1) is 35.3 Å². The van der Waals surface area contributed by atoms with Crippen LogP contribution in [0.3, 0.4) is 0 Å². The van der Waals surface area contributed by atoms with E-state index in [0.717, 1.165) is 33.1 Å². The molecule has 0 saturated heterocycles. The number of hydrogen-bond acceptors (Lipinski definition) is 6. The molecule has 8 nitrogen and oxygen atoms in total. The van der Waals surface area contributed by atoms with Gasteiger partial charge in [-0.3, -0.25) is 9.48 Å². The molecule has 0 fully saturated rings. The number of benzene rings is 2. The average molecular weight is 484 g/mol. The topological polar surface area (TPSA) is 90.5 Å². The predicted molar refractivity (Wildman–Crippen MR) is 136 cm³/mol. The number of para-hydroxylation sites is 1. The summed E-state index contributed by atoms with van der Waals surface area (Å²) in [5, 5.41) is 13.7. The van der Waals surface area contributed by atoms with Crippen LogP contribution in [0.2, 0.25) is 0 Å². The highest BCUT2D eigenvalue weighted by atomic mass is 32.2. The number of carbonyl (C=O) groups excluding carboxylic acids is 1. The van der Waals surface area contributed by atoms with Crippen LogP contribution in [0.15, 0.2) is 78.2 Å². The first-order chi connectivity index (χ1) is 17.1. The minimum atomic E-state index is -0.0631. The molecule has 176 valence electrons. The summed E-state index contributed by atoms with van der Waals surface area (Å²) in [5.41, 5.74) is 5.87. The minimum absolute atomic E-state index is 0.0631. The van der Waals surface area contributed by atoms with E-state index < -0.39 is 0 Å². The lowest BCUT2D eigenvalue weighted by Gasteiger charge is -2.08. The maximum absolute atomic E-state index is 12.6. The zero-order valence-corrected chi connectivity index (χ0v) is 20.4. The van der Waals surface area contributed by atoms with Gasteiger partial charge in [0.25, 0.3) is 0 Å². The summed E-state index contributed by atoms with van der Waals surface area (Å²) in [4.78, 5) is 21.4. The lowest BCUT2D eigenvalue weighted by atomic mass is 10.2. The normalized spacial score (nSPS) is 11.1. The molecule has 0 bridgehead atoms. The smallest absolute Gasteiger partial charge is 0.230 e. The number of aryl methyl sites for hydroxylation is 1. The molecule has 0 aliphatic heterocycles. The zero-order chi connectivity index (χ0) is 24.2.